The molecule has 0 saturated carbocycles. The van der Waals surface area contributed by atoms with Crippen molar-refractivity contribution in [2.45, 2.75) is 39.5 Å². The summed E-state index contributed by atoms with van der Waals surface area (Å²) >= 11 is 6.09. The largest absolute Gasteiger partial charge is 0.491 e. The van der Waals surface area contributed by atoms with Crippen LogP contribution in [0.4, 0.5) is 0 Å². The Morgan fingerprint density at radius 3 is 2.70 bits per heavy atom. The average Bonchev–Trinajstić information content (AvgIpc) is 3.04. The maximum atomic E-state index is 12.9. The molecule has 0 fully saturated rings. The first-order valence-corrected chi connectivity index (χ1v) is 10.6. The molecule has 1 aliphatic rings. The number of amides is 2. The van der Waals surface area contributed by atoms with Crippen molar-refractivity contribution in [3.05, 3.63) is 45.8 Å². The number of nitrogens with zero attached hydrogens (tertiary/aromatic N) is 3. The molecule has 2 aromatic rings. The fourth-order valence-electron chi connectivity index (χ4n) is 3.63. The second kappa shape index (κ2) is 9.98. The van der Waals surface area contributed by atoms with Crippen LogP contribution in [0.1, 0.15) is 46.6 Å². The number of fused-ring (bicyclic) bond motifs is 1. The van der Waals surface area contributed by atoms with Crippen LogP contribution in [0.5, 0.6) is 5.75 Å². The SMILES string of the molecule is Cc1noc(C)c1CCC(=O)N1CCCCN(C)C(=O)c2cc(Cl)ccc2OCC1. The molecule has 0 radical (unpaired) electrons. The molecular formula is C22H28ClN3O4. The molecule has 0 atom stereocenters. The average molecular weight is 434 g/mol. The topological polar surface area (TPSA) is 75.9 Å². The third-order valence-corrected chi connectivity index (χ3v) is 5.67. The van der Waals surface area contributed by atoms with Gasteiger partial charge in [-0.15, -0.1) is 0 Å². The van der Waals surface area contributed by atoms with Crippen LogP contribution in [0.3, 0.4) is 0 Å². The molecule has 0 N–H and O–H groups in total. The standard InChI is InChI=1S/C22H28ClN3O4/c1-15-18(16(2)30-24-15)7-9-21(27)26-11-5-4-10-25(3)22(28)19-14-17(23)6-8-20(19)29-13-12-26/h6,8,14H,4-5,7,9-13H2,1-3H3. The third-order valence-electron chi connectivity index (χ3n) is 5.43. The summed E-state index contributed by atoms with van der Waals surface area (Å²) in [5.41, 5.74) is 2.28. The highest BCUT2D eigenvalue weighted by Gasteiger charge is 2.21. The first kappa shape index (κ1) is 22.2. The normalized spacial score (nSPS) is 15.8. The Labute approximate surface area is 181 Å². The van der Waals surface area contributed by atoms with E-state index in [2.05, 4.69) is 5.16 Å². The number of carbonyl (C=O) groups is 2. The van der Waals surface area contributed by atoms with Crippen molar-refractivity contribution in [3.63, 3.8) is 0 Å². The summed E-state index contributed by atoms with van der Waals surface area (Å²) in [7, 11) is 1.77. The minimum absolute atomic E-state index is 0.0800. The molecule has 0 unspecified atom stereocenters. The molecule has 162 valence electrons. The summed E-state index contributed by atoms with van der Waals surface area (Å²) in [5, 5.41) is 4.44. The summed E-state index contributed by atoms with van der Waals surface area (Å²) in [6.07, 6.45) is 2.63. The van der Waals surface area contributed by atoms with E-state index >= 15 is 0 Å². The Morgan fingerprint density at radius 1 is 1.20 bits per heavy atom. The summed E-state index contributed by atoms with van der Waals surface area (Å²) in [6.45, 7) is 5.77. The highest BCUT2D eigenvalue weighted by atomic mass is 35.5. The number of rotatable bonds is 3. The second-order valence-electron chi connectivity index (χ2n) is 7.61. The number of benzene rings is 1. The quantitative estimate of drug-likeness (QED) is 0.738. The van der Waals surface area contributed by atoms with Crippen LogP contribution < -0.4 is 4.74 Å². The molecule has 0 bridgehead atoms. The van der Waals surface area contributed by atoms with E-state index in [-0.39, 0.29) is 11.8 Å². The first-order valence-electron chi connectivity index (χ1n) is 10.2. The van der Waals surface area contributed by atoms with Crippen molar-refractivity contribution >= 4 is 23.4 Å². The first-order chi connectivity index (χ1) is 14.4. The molecule has 1 aliphatic heterocycles. The van der Waals surface area contributed by atoms with Crippen LogP contribution >= 0.6 is 11.6 Å². The van der Waals surface area contributed by atoms with Crippen molar-refractivity contribution in [2.24, 2.45) is 0 Å². The van der Waals surface area contributed by atoms with Gasteiger partial charge in [0.2, 0.25) is 5.91 Å². The van der Waals surface area contributed by atoms with Gasteiger partial charge in [0.05, 0.1) is 17.8 Å². The zero-order valence-corrected chi connectivity index (χ0v) is 18.5. The molecule has 1 aromatic carbocycles. The molecule has 1 aromatic heterocycles. The van der Waals surface area contributed by atoms with E-state index in [0.29, 0.717) is 55.4 Å². The third kappa shape index (κ3) is 5.33. The molecule has 2 amide bonds. The Hall–Kier alpha value is -2.54. The Balaban J connectivity index is 1.69. The minimum Gasteiger partial charge on any atom is -0.491 e. The molecule has 8 heteroatoms. The van der Waals surface area contributed by atoms with Crippen molar-refractivity contribution in [1.29, 1.82) is 0 Å². The Bertz CT molecular complexity index is 892. The van der Waals surface area contributed by atoms with Gasteiger partial charge in [-0.05, 0) is 51.3 Å². The fourth-order valence-corrected chi connectivity index (χ4v) is 3.80. The van der Waals surface area contributed by atoms with Crippen molar-refractivity contribution < 1.29 is 18.8 Å². The van der Waals surface area contributed by atoms with Crippen molar-refractivity contribution in [1.82, 2.24) is 15.0 Å². The van der Waals surface area contributed by atoms with Crippen LogP contribution in [-0.4, -0.2) is 60.1 Å². The van der Waals surface area contributed by atoms with Crippen molar-refractivity contribution in [2.75, 3.05) is 33.3 Å². The van der Waals surface area contributed by atoms with Gasteiger partial charge in [-0.25, -0.2) is 0 Å². The van der Waals surface area contributed by atoms with Crippen LogP contribution in [0.25, 0.3) is 0 Å². The van der Waals surface area contributed by atoms with Gasteiger partial charge in [0.1, 0.15) is 18.1 Å². The summed E-state index contributed by atoms with van der Waals surface area (Å²) in [6, 6.07) is 5.04. The zero-order chi connectivity index (χ0) is 21.7. The summed E-state index contributed by atoms with van der Waals surface area (Å²) in [4.78, 5) is 29.1. The lowest BCUT2D eigenvalue weighted by Gasteiger charge is -2.26. The van der Waals surface area contributed by atoms with Crippen molar-refractivity contribution in [3.8, 4) is 5.75 Å². The van der Waals surface area contributed by atoms with E-state index in [1.54, 1.807) is 30.1 Å². The highest BCUT2D eigenvalue weighted by molar-refractivity contribution is 6.31. The lowest BCUT2D eigenvalue weighted by atomic mass is 10.1. The summed E-state index contributed by atoms with van der Waals surface area (Å²) in [5.74, 6) is 1.22. The lowest BCUT2D eigenvalue weighted by Crippen LogP contribution is -2.37. The molecule has 2 heterocycles. The van der Waals surface area contributed by atoms with E-state index in [1.165, 1.54) is 0 Å². The fraction of sp³-hybridized carbons (Fsp3) is 0.500. The molecule has 30 heavy (non-hydrogen) atoms. The van der Waals surface area contributed by atoms with Gasteiger partial charge in [-0.3, -0.25) is 9.59 Å². The van der Waals surface area contributed by atoms with Crippen LogP contribution in [0, 0.1) is 13.8 Å². The van der Waals surface area contributed by atoms with Gasteiger partial charge in [-0.2, -0.15) is 0 Å². The van der Waals surface area contributed by atoms with E-state index in [0.717, 1.165) is 29.9 Å². The maximum absolute atomic E-state index is 12.9. The number of aryl methyl sites for hydroxylation is 2. The Morgan fingerprint density at radius 2 is 1.97 bits per heavy atom. The number of carbonyl (C=O) groups excluding carboxylic acids is 2. The molecule has 0 spiro atoms. The maximum Gasteiger partial charge on any atom is 0.257 e. The van der Waals surface area contributed by atoms with Crippen LogP contribution in [-0.2, 0) is 11.2 Å². The summed E-state index contributed by atoms with van der Waals surface area (Å²) < 4.78 is 11.1. The molecule has 3 rings (SSSR count). The number of aromatic nitrogens is 1. The second-order valence-corrected chi connectivity index (χ2v) is 8.04. The van der Waals surface area contributed by atoms with E-state index < -0.39 is 0 Å². The van der Waals surface area contributed by atoms with Gasteiger partial charge in [0.25, 0.3) is 5.91 Å². The van der Waals surface area contributed by atoms with E-state index in [9.17, 15) is 9.59 Å². The van der Waals surface area contributed by atoms with Gasteiger partial charge < -0.3 is 19.1 Å². The smallest absolute Gasteiger partial charge is 0.257 e. The zero-order valence-electron chi connectivity index (χ0n) is 17.7. The lowest BCUT2D eigenvalue weighted by molar-refractivity contribution is -0.131. The molecule has 7 nitrogen and oxygen atoms in total. The van der Waals surface area contributed by atoms with E-state index in [4.69, 9.17) is 20.9 Å². The molecule has 0 saturated heterocycles. The van der Waals surface area contributed by atoms with Crippen LogP contribution in [0.15, 0.2) is 22.7 Å². The van der Waals surface area contributed by atoms with Crippen LogP contribution in [0.2, 0.25) is 5.02 Å². The monoisotopic (exact) mass is 433 g/mol. The van der Waals surface area contributed by atoms with Gasteiger partial charge in [0.15, 0.2) is 0 Å². The number of hydrogen-bond acceptors (Lipinski definition) is 5. The predicted molar refractivity (Wildman–Crippen MR) is 114 cm³/mol. The molecule has 0 aliphatic carbocycles. The van der Waals surface area contributed by atoms with Gasteiger partial charge in [0, 0.05) is 37.1 Å². The Kier molecular flexibility index (Phi) is 7.37. The molecular weight excluding hydrogens is 406 g/mol. The van der Waals surface area contributed by atoms with Gasteiger partial charge >= 0.3 is 0 Å². The number of ether oxygens (including phenoxy) is 1. The van der Waals surface area contributed by atoms with Gasteiger partial charge in [-0.1, -0.05) is 16.8 Å². The van der Waals surface area contributed by atoms with E-state index in [1.807, 2.05) is 18.7 Å². The predicted octanol–water partition coefficient (Wildman–Crippen LogP) is 3.65. The number of halogens is 1. The minimum atomic E-state index is -0.111. The highest BCUT2D eigenvalue weighted by Crippen LogP contribution is 2.25. The number of hydrogen-bond donors (Lipinski definition) is 0.